The van der Waals surface area contributed by atoms with Crippen molar-refractivity contribution in [2.75, 3.05) is 0 Å². The van der Waals surface area contributed by atoms with Gasteiger partial charge in [0.1, 0.15) is 0 Å². The van der Waals surface area contributed by atoms with Crippen LogP contribution in [-0.2, 0) is 7.05 Å². The molecule has 0 unspecified atom stereocenters. The SMILES string of the molecule is CC=Nc1c(C)cc(-c2c(C)nnn2C)cc1Br. The van der Waals surface area contributed by atoms with Gasteiger partial charge in [0, 0.05) is 23.3 Å². The van der Waals surface area contributed by atoms with Crippen LogP contribution in [0, 0.1) is 13.8 Å². The Bertz CT molecular complexity index is 571. The molecule has 0 amide bonds. The summed E-state index contributed by atoms with van der Waals surface area (Å²) in [5, 5.41) is 8.11. The molecule has 0 aliphatic heterocycles. The smallest absolute Gasteiger partial charge is 0.0911 e. The van der Waals surface area contributed by atoms with Crippen molar-refractivity contribution in [3.63, 3.8) is 0 Å². The van der Waals surface area contributed by atoms with Crippen molar-refractivity contribution < 1.29 is 0 Å². The van der Waals surface area contributed by atoms with E-state index in [0.29, 0.717) is 0 Å². The molecule has 1 aromatic heterocycles. The van der Waals surface area contributed by atoms with Gasteiger partial charge in [-0.3, -0.25) is 4.99 Å². The molecule has 0 N–H and O–H groups in total. The number of aromatic nitrogens is 3. The van der Waals surface area contributed by atoms with E-state index < -0.39 is 0 Å². The monoisotopic (exact) mass is 306 g/mol. The van der Waals surface area contributed by atoms with Crippen LogP contribution < -0.4 is 0 Å². The molecular weight excluding hydrogens is 292 g/mol. The third kappa shape index (κ3) is 2.22. The minimum Gasteiger partial charge on any atom is -0.260 e. The summed E-state index contributed by atoms with van der Waals surface area (Å²) in [7, 11) is 1.90. The molecule has 0 saturated heterocycles. The standard InChI is InChI=1S/C13H15BrN4/c1-5-15-12-8(2)6-10(7-11(12)14)13-9(3)16-17-18(13)4/h5-7H,1-4H3. The highest BCUT2D eigenvalue weighted by Gasteiger charge is 2.12. The van der Waals surface area contributed by atoms with E-state index in [2.05, 4.69) is 50.3 Å². The maximum Gasteiger partial charge on any atom is 0.0911 e. The van der Waals surface area contributed by atoms with E-state index in [-0.39, 0.29) is 0 Å². The first-order valence-corrected chi connectivity index (χ1v) is 6.49. The van der Waals surface area contributed by atoms with Crippen molar-refractivity contribution in [2.24, 2.45) is 12.0 Å². The van der Waals surface area contributed by atoms with Gasteiger partial charge in [0.15, 0.2) is 0 Å². The molecule has 0 atom stereocenters. The minimum atomic E-state index is 0.926. The maximum absolute atomic E-state index is 4.36. The van der Waals surface area contributed by atoms with E-state index in [1.807, 2.05) is 20.9 Å². The van der Waals surface area contributed by atoms with E-state index >= 15 is 0 Å². The lowest BCUT2D eigenvalue weighted by Gasteiger charge is -2.08. The van der Waals surface area contributed by atoms with Crippen LogP contribution in [0.1, 0.15) is 18.2 Å². The summed E-state index contributed by atoms with van der Waals surface area (Å²) >= 11 is 3.57. The summed E-state index contributed by atoms with van der Waals surface area (Å²) in [5.74, 6) is 0. The number of aryl methyl sites for hydroxylation is 3. The van der Waals surface area contributed by atoms with Crippen LogP contribution in [0.25, 0.3) is 11.3 Å². The second-order valence-electron chi connectivity index (χ2n) is 4.16. The fraction of sp³-hybridized carbons (Fsp3) is 0.308. The van der Waals surface area contributed by atoms with Gasteiger partial charge >= 0.3 is 0 Å². The second-order valence-corrected chi connectivity index (χ2v) is 5.01. The molecule has 1 heterocycles. The van der Waals surface area contributed by atoms with Gasteiger partial charge in [-0.15, -0.1) is 5.10 Å². The summed E-state index contributed by atoms with van der Waals surface area (Å²) in [6.07, 6.45) is 1.80. The van der Waals surface area contributed by atoms with E-state index in [4.69, 9.17) is 0 Å². The first kappa shape index (κ1) is 13.0. The number of benzene rings is 1. The Labute approximate surface area is 115 Å². The van der Waals surface area contributed by atoms with E-state index in [1.54, 1.807) is 10.9 Å². The number of hydrogen-bond donors (Lipinski definition) is 0. The number of nitrogens with zero attached hydrogens (tertiary/aromatic N) is 4. The van der Waals surface area contributed by atoms with Crippen LogP contribution in [0.3, 0.4) is 0 Å². The van der Waals surface area contributed by atoms with Crippen LogP contribution >= 0.6 is 15.9 Å². The molecule has 0 fully saturated rings. The average molecular weight is 307 g/mol. The predicted octanol–water partition coefficient (Wildman–Crippen LogP) is 3.58. The summed E-state index contributed by atoms with van der Waals surface area (Å²) in [6, 6.07) is 4.17. The fourth-order valence-corrected chi connectivity index (χ4v) is 2.68. The Kier molecular flexibility index (Phi) is 3.61. The molecule has 0 saturated carbocycles. The van der Waals surface area contributed by atoms with Gasteiger partial charge in [-0.05, 0) is 54.4 Å². The normalized spacial score (nSPS) is 11.4. The average Bonchev–Trinajstić information content (AvgIpc) is 2.63. The Morgan fingerprint density at radius 3 is 2.56 bits per heavy atom. The molecule has 2 rings (SSSR count). The van der Waals surface area contributed by atoms with Crippen LogP contribution in [0.4, 0.5) is 5.69 Å². The highest BCUT2D eigenvalue weighted by atomic mass is 79.9. The molecule has 0 spiro atoms. The molecule has 1 aromatic carbocycles. The Morgan fingerprint density at radius 2 is 2.06 bits per heavy atom. The second kappa shape index (κ2) is 5.02. The molecule has 2 aromatic rings. The molecule has 0 bridgehead atoms. The van der Waals surface area contributed by atoms with Gasteiger partial charge in [0.2, 0.25) is 0 Å². The third-order valence-corrected chi connectivity index (χ3v) is 3.39. The van der Waals surface area contributed by atoms with Crippen molar-refractivity contribution in [3.8, 4) is 11.3 Å². The first-order chi connectivity index (χ1) is 8.54. The van der Waals surface area contributed by atoms with Gasteiger partial charge in [-0.25, -0.2) is 4.68 Å². The first-order valence-electron chi connectivity index (χ1n) is 5.70. The zero-order valence-corrected chi connectivity index (χ0v) is 12.5. The zero-order valence-electron chi connectivity index (χ0n) is 10.9. The lowest BCUT2D eigenvalue weighted by molar-refractivity contribution is 0.719. The van der Waals surface area contributed by atoms with Crippen molar-refractivity contribution in [2.45, 2.75) is 20.8 Å². The minimum absolute atomic E-state index is 0.926. The number of rotatable bonds is 2. The van der Waals surface area contributed by atoms with E-state index in [1.165, 1.54) is 0 Å². The van der Waals surface area contributed by atoms with E-state index in [9.17, 15) is 0 Å². The maximum atomic E-state index is 4.36. The van der Waals surface area contributed by atoms with Crippen LogP contribution in [-0.4, -0.2) is 21.2 Å². The lowest BCUT2D eigenvalue weighted by atomic mass is 10.1. The Hall–Kier alpha value is -1.49. The number of hydrogen-bond acceptors (Lipinski definition) is 3. The van der Waals surface area contributed by atoms with Gasteiger partial charge < -0.3 is 0 Å². The summed E-state index contributed by atoms with van der Waals surface area (Å²) < 4.78 is 2.77. The highest BCUT2D eigenvalue weighted by molar-refractivity contribution is 9.10. The summed E-state index contributed by atoms with van der Waals surface area (Å²) in [5.41, 5.74) is 5.15. The molecule has 0 radical (unpaired) electrons. The van der Waals surface area contributed by atoms with Crippen molar-refractivity contribution in [3.05, 3.63) is 27.9 Å². The molecule has 0 aliphatic rings. The lowest BCUT2D eigenvalue weighted by Crippen LogP contribution is -1.95. The quantitative estimate of drug-likeness (QED) is 0.796. The van der Waals surface area contributed by atoms with Crippen molar-refractivity contribution >= 4 is 27.8 Å². The predicted molar refractivity (Wildman–Crippen MR) is 77.4 cm³/mol. The fourth-order valence-electron chi connectivity index (χ4n) is 2.02. The summed E-state index contributed by atoms with van der Waals surface area (Å²) in [4.78, 5) is 4.36. The topological polar surface area (TPSA) is 43.1 Å². The van der Waals surface area contributed by atoms with Crippen LogP contribution in [0.2, 0.25) is 0 Å². The molecule has 4 nitrogen and oxygen atoms in total. The highest BCUT2D eigenvalue weighted by Crippen LogP contribution is 2.34. The molecule has 0 aliphatic carbocycles. The Morgan fingerprint density at radius 1 is 1.33 bits per heavy atom. The third-order valence-electron chi connectivity index (χ3n) is 2.78. The molecule has 94 valence electrons. The van der Waals surface area contributed by atoms with Gasteiger partial charge in [0.05, 0.1) is 17.1 Å². The van der Waals surface area contributed by atoms with Crippen molar-refractivity contribution in [1.29, 1.82) is 0 Å². The zero-order chi connectivity index (χ0) is 13.3. The van der Waals surface area contributed by atoms with Gasteiger partial charge in [0.25, 0.3) is 0 Å². The van der Waals surface area contributed by atoms with Crippen LogP contribution in [0.15, 0.2) is 21.6 Å². The number of aliphatic imine (C=N–C) groups is 1. The summed E-state index contributed by atoms with van der Waals surface area (Å²) in [6.45, 7) is 5.92. The van der Waals surface area contributed by atoms with E-state index in [0.717, 1.165) is 32.7 Å². The largest absolute Gasteiger partial charge is 0.260 e. The van der Waals surface area contributed by atoms with Gasteiger partial charge in [-0.1, -0.05) is 5.21 Å². The number of halogens is 1. The Balaban J connectivity index is 2.62. The van der Waals surface area contributed by atoms with Gasteiger partial charge in [-0.2, -0.15) is 0 Å². The molecule has 5 heteroatoms. The van der Waals surface area contributed by atoms with Crippen molar-refractivity contribution in [1.82, 2.24) is 15.0 Å². The molecule has 18 heavy (non-hydrogen) atoms. The molecular formula is C13H15BrN4. The van der Waals surface area contributed by atoms with Crippen LogP contribution in [0.5, 0.6) is 0 Å².